The van der Waals surface area contributed by atoms with Gasteiger partial charge in [0.05, 0.1) is 12.3 Å². The summed E-state index contributed by atoms with van der Waals surface area (Å²) in [5.74, 6) is 0.833. The number of anilines is 1. The molecule has 4 heteroatoms. The van der Waals surface area contributed by atoms with Crippen LogP contribution in [0.3, 0.4) is 0 Å². The molecule has 3 rings (SSSR count). The molecule has 2 heterocycles. The highest BCUT2D eigenvalue weighted by molar-refractivity contribution is 5.92. The van der Waals surface area contributed by atoms with Crippen LogP contribution >= 0.6 is 0 Å². The third-order valence-electron chi connectivity index (χ3n) is 3.46. The first-order valence-electron chi connectivity index (χ1n) is 6.46. The molecule has 2 aromatic rings. The molecule has 1 aromatic carbocycles. The number of carbonyl (C=O) groups excluding carboxylic acids is 1. The molecule has 1 amide bonds. The van der Waals surface area contributed by atoms with Crippen molar-refractivity contribution in [2.75, 3.05) is 5.32 Å². The summed E-state index contributed by atoms with van der Waals surface area (Å²) in [5.41, 5.74) is 9.23. The van der Waals surface area contributed by atoms with Crippen LogP contribution in [-0.4, -0.2) is 5.91 Å². The Bertz CT molecular complexity index is 590. The van der Waals surface area contributed by atoms with Gasteiger partial charge in [0.2, 0.25) is 5.91 Å². The maximum Gasteiger partial charge on any atom is 0.224 e. The molecule has 4 nitrogen and oxygen atoms in total. The Morgan fingerprint density at radius 3 is 2.95 bits per heavy atom. The minimum atomic E-state index is -0.265. The van der Waals surface area contributed by atoms with Gasteiger partial charge in [0.25, 0.3) is 0 Å². The number of fused-ring (bicyclic) bond motifs is 1. The van der Waals surface area contributed by atoms with E-state index < -0.39 is 0 Å². The van der Waals surface area contributed by atoms with Crippen LogP contribution in [0.5, 0.6) is 0 Å². The molecule has 0 spiro atoms. The fourth-order valence-electron chi connectivity index (χ4n) is 2.42. The van der Waals surface area contributed by atoms with E-state index in [9.17, 15) is 4.79 Å². The van der Waals surface area contributed by atoms with Crippen molar-refractivity contribution in [2.24, 2.45) is 5.73 Å². The average Bonchev–Trinajstić information content (AvgIpc) is 2.87. The van der Waals surface area contributed by atoms with E-state index in [1.807, 2.05) is 24.3 Å². The normalized spacial score (nSPS) is 16.4. The summed E-state index contributed by atoms with van der Waals surface area (Å²) >= 11 is 0. The summed E-state index contributed by atoms with van der Waals surface area (Å²) in [7, 11) is 0. The topological polar surface area (TPSA) is 68.3 Å². The summed E-state index contributed by atoms with van der Waals surface area (Å²) in [5, 5.41) is 2.92. The van der Waals surface area contributed by atoms with Crippen LogP contribution in [0.4, 0.5) is 5.69 Å². The molecule has 1 unspecified atom stereocenters. The summed E-state index contributed by atoms with van der Waals surface area (Å²) in [6.45, 7) is 0. The van der Waals surface area contributed by atoms with E-state index in [4.69, 9.17) is 10.2 Å². The highest BCUT2D eigenvalue weighted by Crippen LogP contribution is 2.27. The number of nitrogens with one attached hydrogen (secondary N) is 1. The van der Waals surface area contributed by atoms with E-state index in [2.05, 4.69) is 11.4 Å². The lowest BCUT2D eigenvalue weighted by Gasteiger charge is -2.13. The highest BCUT2D eigenvalue weighted by atomic mass is 16.3. The molecule has 19 heavy (non-hydrogen) atoms. The predicted molar refractivity (Wildman–Crippen MR) is 72.7 cm³/mol. The van der Waals surface area contributed by atoms with Gasteiger partial charge in [-0.05, 0) is 42.2 Å². The number of rotatable bonds is 2. The third kappa shape index (κ3) is 2.39. The van der Waals surface area contributed by atoms with Gasteiger partial charge in [-0.1, -0.05) is 12.1 Å². The van der Waals surface area contributed by atoms with Crippen molar-refractivity contribution < 1.29 is 9.21 Å². The highest BCUT2D eigenvalue weighted by Gasteiger charge is 2.16. The number of amides is 1. The van der Waals surface area contributed by atoms with Crippen molar-refractivity contribution in [3.63, 3.8) is 0 Å². The number of hydrogen-bond acceptors (Lipinski definition) is 3. The van der Waals surface area contributed by atoms with Crippen LogP contribution in [0, 0.1) is 0 Å². The second-order valence-corrected chi connectivity index (χ2v) is 4.81. The molecule has 0 saturated carbocycles. The zero-order valence-corrected chi connectivity index (χ0v) is 10.6. The van der Waals surface area contributed by atoms with E-state index in [1.165, 1.54) is 0 Å². The van der Waals surface area contributed by atoms with Crippen LogP contribution in [0.1, 0.15) is 35.8 Å². The van der Waals surface area contributed by atoms with Crippen molar-refractivity contribution >= 4 is 11.6 Å². The molecule has 1 aliphatic heterocycles. The molecule has 3 N–H and O–H groups in total. The fraction of sp³-hybridized carbons (Fsp3) is 0.267. The zero-order valence-electron chi connectivity index (χ0n) is 10.6. The maximum atomic E-state index is 11.5. The van der Waals surface area contributed by atoms with E-state index in [1.54, 1.807) is 6.26 Å². The first-order valence-corrected chi connectivity index (χ1v) is 6.46. The number of nitrogens with two attached hydrogens (primary N) is 1. The van der Waals surface area contributed by atoms with Gasteiger partial charge in [0.15, 0.2) is 0 Å². The number of aryl methyl sites for hydroxylation is 1. The molecule has 0 fully saturated rings. The fourth-order valence-corrected chi connectivity index (χ4v) is 2.42. The Hall–Kier alpha value is -2.07. The van der Waals surface area contributed by atoms with E-state index in [0.717, 1.165) is 35.4 Å². The van der Waals surface area contributed by atoms with Gasteiger partial charge in [0, 0.05) is 12.1 Å². The lowest BCUT2D eigenvalue weighted by molar-refractivity contribution is -0.116. The number of furan rings is 1. The molecule has 0 saturated heterocycles. The summed E-state index contributed by atoms with van der Waals surface area (Å²) in [6, 6.07) is 9.37. The molecule has 1 aliphatic rings. The minimum Gasteiger partial charge on any atom is -0.467 e. The number of benzene rings is 1. The second-order valence-electron chi connectivity index (χ2n) is 4.81. The molecular formula is C15H16N2O2. The lowest BCUT2D eigenvalue weighted by Crippen LogP contribution is -2.12. The molecule has 0 aliphatic carbocycles. The first-order chi connectivity index (χ1) is 9.24. The first kappa shape index (κ1) is 12.0. The van der Waals surface area contributed by atoms with Crippen LogP contribution in [0.15, 0.2) is 41.0 Å². The van der Waals surface area contributed by atoms with Gasteiger partial charge < -0.3 is 15.5 Å². The minimum absolute atomic E-state index is 0.0850. The van der Waals surface area contributed by atoms with E-state index >= 15 is 0 Å². The van der Waals surface area contributed by atoms with Crippen molar-refractivity contribution in [2.45, 2.75) is 25.3 Å². The monoisotopic (exact) mass is 256 g/mol. The Morgan fingerprint density at radius 2 is 2.16 bits per heavy atom. The van der Waals surface area contributed by atoms with Gasteiger partial charge in [-0.2, -0.15) is 0 Å². The largest absolute Gasteiger partial charge is 0.467 e. The van der Waals surface area contributed by atoms with Crippen molar-refractivity contribution in [3.05, 3.63) is 53.5 Å². The average molecular weight is 256 g/mol. The zero-order chi connectivity index (χ0) is 13.2. The molecule has 98 valence electrons. The van der Waals surface area contributed by atoms with Crippen LogP contribution in [0.25, 0.3) is 0 Å². The summed E-state index contributed by atoms with van der Waals surface area (Å²) in [4.78, 5) is 11.5. The summed E-state index contributed by atoms with van der Waals surface area (Å²) in [6.07, 6.45) is 3.97. The summed E-state index contributed by atoms with van der Waals surface area (Å²) < 4.78 is 5.34. The quantitative estimate of drug-likeness (QED) is 0.867. The molecule has 0 bridgehead atoms. The van der Waals surface area contributed by atoms with Gasteiger partial charge in [-0.25, -0.2) is 0 Å². The van der Waals surface area contributed by atoms with Crippen molar-refractivity contribution in [3.8, 4) is 0 Å². The molecular weight excluding hydrogens is 240 g/mol. The Kier molecular flexibility index (Phi) is 3.09. The van der Waals surface area contributed by atoms with Gasteiger partial charge in [-0.3, -0.25) is 4.79 Å². The standard InChI is InChI=1S/C15H16N2O2/c16-15(13-4-2-8-19-13)11-6-7-12-10(9-11)3-1-5-14(18)17-12/h2,4,6-9,15H,1,3,5,16H2,(H,17,18). The van der Waals surface area contributed by atoms with Crippen molar-refractivity contribution in [1.82, 2.24) is 0 Å². The second kappa shape index (κ2) is 4.90. The third-order valence-corrected chi connectivity index (χ3v) is 3.46. The van der Waals surface area contributed by atoms with Gasteiger partial charge >= 0.3 is 0 Å². The van der Waals surface area contributed by atoms with Crippen molar-refractivity contribution in [1.29, 1.82) is 0 Å². The van der Waals surface area contributed by atoms with Crippen LogP contribution < -0.4 is 11.1 Å². The smallest absolute Gasteiger partial charge is 0.224 e. The lowest BCUT2D eigenvalue weighted by atomic mass is 9.99. The molecule has 0 radical (unpaired) electrons. The maximum absolute atomic E-state index is 11.5. The van der Waals surface area contributed by atoms with Crippen LogP contribution in [0.2, 0.25) is 0 Å². The SMILES string of the molecule is NC(c1ccc2c(c1)CCCC(=O)N2)c1ccco1. The number of hydrogen-bond donors (Lipinski definition) is 2. The molecule has 1 aromatic heterocycles. The molecule has 1 atom stereocenters. The van der Waals surface area contributed by atoms with E-state index in [0.29, 0.717) is 6.42 Å². The number of carbonyl (C=O) groups is 1. The van der Waals surface area contributed by atoms with E-state index in [-0.39, 0.29) is 11.9 Å². The Labute approximate surface area is 111 Å². The Morgan fingerprint density at radius 1 is 1.26 bits per heavy atom. The Balaban J connectivity index is 1.93. The van der Waals surface area contributed by atoms with Crippen LogP contribution in [-0.2, 0) is 11.2 Å². The van der Waals surface area contributed by atoms with Gasteiger partial charge in [-0.15, -0.1) is 0 Å². The predicted octanol–water partition coefficient (Wildman–Crippen LogP) is 2.60. The van der Waals surface area contributed by atoms with Gasteiger partial charge in [0.1, 0.15) is 5.76 Å².